The molecule has 1 aliphatic rings. The van der Waals surface area contributed by atoms with Crippen LogP contribution in [0.4, 0.5) is 0 Å². The van der Waals surface area contributed by atoms with Crippen molar-refractivity contribution in [1.29, 1.82) is 0 Å². The van der Waals surface area contributed by atoms with Gasteiger partial charge in [-0.2, -0.15) is 0 Å². The summed E-state index contributed by atoms with van der Waals surface area (Å²) in [4.78, 5) is 33.4. The van der Waals surface area contributed by atoms with Gasteiger partial charge in [-0.3, -0.25) is 9.59 Å². The van der Waals surface area contributed by atoms with Crippen LogP contribution in [0.25, 0.3) is 0 Å². The lowest BCUT2D eigenvalue weighted by Crippen LogP contribution is -2.72. The van der Waals surface area contributed by atoms with Crippen molar-refractivity contribution in [3.8, 4) is 5.75 Å². The molecule has 0 unspecified atom stereocenters. The zero-order chi connectivity index (χ0) is 13.8. The number of rotatable bonds is 5. The largest absolute Gasteiger partial charge is 0.484 e. The molecule has 1 fully saturated rings. The fourth-order valence-electron chi connectivity index (χ4n) is 1.62. The summed E-state index contributed by atoms with van der Waals surface area (Å²) >= 11 is 0. The molecule has 1 saturated heterocycles. The monoisotopic (exact) mass is 264 g/mol. The first-order chi connectivity index (χ1) is 9.08. The van der Waals surface area contributed by atoms with Crippen molar-refractivity contribution in [1.82, 2.24) is 10.6 Å². The van der Waals surface area contributed by atoms with E-state index in [2.05, 4.69) is 10.6 Å². The minimum atomic E-state index is -1.19. The van der Waals surface area contributed by atoms with Crippen LogP contribution in [-0.4, -0.2) is 41.6 Å². The molecular weight excluding hydrogens is 252 g/mol. The minimum Gasteiger partial charge on any atom is -0.484 e. The van der Waals surface area contributed by atoms with Crippen molar-refractivity contribution < 1.29 is 24.2 Å². The highest BCUT2D eigenvalue weighted by molar-refractivity contribution is 6.01. The molecule has 7 heteroatoms. The van der Waals surface area contributed by atoms with Crippen LogP contribution in [0.5, 0.6) is 5.75 Å². The molecule has 100 valence electrons. The molecule has 1 aliphatic heterocycles. The number of β-lactam (4-membered cyclic amide) rings is 1. The number of hydrogen-bond donors (Lipinski definition) is 3. The third-order valence-electron chi connectivity index (χ3n) is 2.61. The van der Waals surface area contributed by atoms with Crippen LogP contribution in [0.1, 0.15) is 0 Å². The number of hydrogen-bond acceptors (Lipinski definition) is 4. The van der Waals surface area contributed by atoms with E-state index in [9.17, 15) is 14.4 Å². The third kappa shape index (κ3) is 3.01. The molecule has 19 heavy (non-hydrogen) atoms. The van der Waals surface area contributed by atoms with Gasteiger partial charge in [-0.1, -0.05) is 18.2 Å². The average Bonchev–Trinajstić information content (AvgIpc) is 2.40. The number of carboxylic acid groups (broad SMARTS) is 1. The average molecular weight is 264 g/mol. The molecule has 0 saturated carbocycles. The number of para-hydroxylation sites is 1. The van der Waals surface area contributed by atoms with Crippen LogP contribution < -0.4 is 15.4 Å². The maximum absolute atomic E-state index is 11.5. The molecule has 7 nitrogen and oxygen atoms in total. The Bertz CT molecular complexity index is 502. The number of nitrogens with one attached hydrogen (secondary N) is 2. The van der Waals surface area contributed by atoms with Crippen LogP contribution in [0.15, 0.2) is 30.3 Å². The fourth-order valence-corrected chi connectivity index (χ4v) is 1.62. The predicted molar refractivity (Wildman–Crippen MR) is 63.4 cm³/mol. The van der Waals surface area contributed by atoms with Crippen molar-refractivity contribution in [3.63, 3.8) is 0 Å². The Balaban J connectivity index is 1.81. The summed E-state index contributed by atoms with van der Waals surface area (Å²) in [7, 11) is 0. The second-order valence-corrected chi connectivity index (χ2v) is 3.97. The summed E-state index contributed by atoms with van der Waals surface area (Å²) in [6.07, 6.45) is 0. The molecule has 0 radical (unpaired) electrons. The second kappa shape index (κ2) is 5.38. The number of aliphatic carboxylic acids is 1. The molecule has 2 rings (SSSR count). The smallest absolute Gasteiger partial charge is 0.328 e. The Morgan fingerprint density at radius 3 is 2.58 bits per heavy atom. The van der Waals surface area contributed by atoms with E-state index in [1.807, 2.05) is 6.07 Å². The summed E-state index contributed by atoms with van der Waals surface area (Å²) in [5.74, 6) is -1.73. The highest BCUT2D eigenvalue weighted by Gasteiger charge is 2.45. The lowest BCUT2D eigenvalue weighted by molar-refractivity contribution is -0.151. The van der Waals surface area contributed by atoms with E-state index in [1.54, 1.807) is 24.3 Å². The number of carboxylic acids is 1. The van der Waals surface area contributed by atoms with Crippen molar-refractivity contribution in [2.45, 2.75) is 12.1 Å². The molecule has 3 N–H and O–H groups in total. The van der Waals surface area contributed by atoms with Gasteiger partial charge in [0.25, 0.3) is 5.91 Å². The number of ether oxygens (including phenoxy) is 1. The van der Waals surface area contributed by atoms with Gasteiger partial charge in [0.2, 0.25) is 5.91 Å². The van der Waals surface area contributed by atoms with Gasteiger partial charge in [-0.05, 0) is 12.1 Å². The molecule has 0 bridgehead atoms. The van der Waals surface area contributed by atoms with E-state index in [0.717, 1.165) is 0 Å². The van der Waals surface area contributed by atoms with E-state index < -0.39 is 29.9 Å². The number of carbonyl (C=O) groups is 3. The van der Waals surface area contributed by atoms with Crippen LogP contribution in [0.2, 0.25) is 0 Å². The molecule has 1 aromatic carbocycles. The highest BCUT2D eigenvalue weighted by Crippen LogP contribution is 2.09. The van der Waals surface area contributed by atoms with Crippen LogP contribution in [0.3, 0.4) is 0 Å². The van der Waals surface area contributed by atoms with Gasteiger partial charge in [-0.15, -0.1) is 0 Å². The van der Waals surface area contributed by atoms with Crippen LogP contribution >= 0.6 is 0 Å². The van der Waals surface area contributed by atoms with E-state index in [4.69, 9.17) is 9.84 Å². The van der Waals surface area contributed by atoms with E-state index >= 15 is 0 Å². The minimum absolute atomic E-state index is 0.278. The first-order valence-electron chi connectivity index (χ1n) is 5.58. The Morgan fingerprint density at radius 2 is 2.00 bits per heavy atom. The molecular formula is C12H12N2O5. The van der Waals surface area contributed by atoms with E-state index in [-0.39, 0.29) is 6.61 Å². The molecule has 2 amide bonds. The molecule has 0 aromatic heterocycles. The standard InChI is InChI=1S/C12H12N2O5/c15-8(6-19-7-4-2-1-3-5-7)13-9-10(12(17)18)14-11(9)16/h1-5,9-10H,6H2,(H,13,15)(H,14,16)(H,17,18)/t9-,10-/m1/s1. The fraction of sp³-hybridized carbons (Fsp3) is 0.250. The highest BCUT2D eigenvalue weighted by atomic mass is 16.5. The molecule has 2 atom stereocenters. The second-order valence-electron chi connectivity index (χ2n) is 3.97. The van der Waals surface area contributed by atoms with Gasteiger partial charge in [0, 0.05) is 0 Å². The molecule has 0 spiro atoms. The van der Waals surface area contributed by atoms with E-state index in [1.165, 1.54) is 0 Å². The van der Waals surface area contributed by atoms with Gasteiger partial charge >= 0.3 is 5.97 Å². The lowest BCUT2D eigenvalue weighted by Gasteiger charge is -2.33. The lowest BCUT2D eigenvalue weighted by atomic mass is 9.99. The summed E-state index contributed by atoms with van der Waals surface area (Å²) < 4.78 is 5.18. The first kappa shape index (κ1) is 12.9. The zero-order valence-corrected chi connectivity index (χ0v) is 9.83. The number of amides is 2. The molecule has 1 heterocycles. The predicted octanol–water partition coefficient (Wildman–Crippen LogP) is -0.867. The SMILES string of the molecule is O=C(COc1ccccc1)N[C@H]1C(=O)N[C@H]1C(=O)O. The number of carbonyl (C=O) groups excluding carboxylic acids is 2. The maximum Gasteiger partial charge on any atom is 0.328 e. The normalized spacial score (nSPS) is 20.9. The molecule has 1 aromatic rings. The Labute approximate surface area is 108 Å². The van der Waals surface area contributed by atoms with Crippen molar-refractivity contribution >= 4 is 17.8 Å². The quantitative estimate of drug-likeness (QED) is 0.600. The van der Waals surface area contributed by atoms with Gasteiger partial charge in [0.15, 0.2) is 12.6 Å². The Hall–Kier alpha value is -2.57. The van der Waals surface area contributed by atoms with Gasteiger partial charge < -0.3 is 20.5 Å². The summed E-state index contributed by atoms with van der Waals surface area (Å²) in [5.41, 5.74) is 0. The summed E-state index contributed by atoms with van der Waals surface area (Å²) in [5, 5.41) is 13.2. The van der Waals surface area contributed by atoms with Gasteiger partial charge in [0.05, 0.1) is 0 Å². The van der Waals surface area contributed by atoms with E-state index in [0.29, 0.717) is 5.75 Å². The van der Waals surface area contributed by atoms with Crippen LogP contribution in [0, 0.1) is 0 Å². The van der Waals surface area contributed by atoms with Crippen molar-refractivity contribution in [2.24, 2.45) is 0 Å². The Kier molecular flexibility index (Phi) is 3.65. The van der Waals surface area contributed by atoms with Gasteiger partial charge in [0.1, 0.15) is 11.8 Å². The van der Waals surface area contributed by atoms with Gasteiger partial charge in [-0.25, -0.2) is 4.79 Å². The van der Waals surface area contributed by atoms with Crippen molar-refractivity contribution in [2.75, 3.05) is 6.61 Å². The topological polar surface area (TPSA) is 105 Å². The summed E-state index contributed by atoms with van der Waals surface area (Å²) in [6.45, 7) is -0.278. The number of benzene rings is 1. The molecule has 0 aliphatic carbocycles. The summed E-state index contributed by atoms with van der Waals surface area (Å²) in [6, 6.07) is 6.58. The maximum atomic E-state index is 11.5. The van der Waals surface area contributed by atoms with Crippen molar-refractivity contribution in [3.05, 3.63) is 30.3 Å². The van der Waals surface area contributed by atoms with Crippen LogP contribution in [-0.2, 0) is 14.4 Å². The first-order valence-corrected chi connectivity index (χ1v) is 5.58. The zero-order valence-electron chi connectivity index (χ0n) is 9.83. The third-order valence-corrected chi connectivity index (χ3v) is 2.61. The Morgan fingerprint density at radius 1 is 1.32 bits per heavy atom.